The maximum atomic E-state index is 15.2. The van der Waals surface area contributed by atoms with E-state index in [1.165, 1.54) is 13.0 Å². The summed E-state index contributed by atoms with van der Waals surface area (Å²) < 4.78 is 35.3. The lowest BCUT2D eigenvalue weighted by Gasteiger charge is -2.35. The van der Waals surface area contributed by atoms with Crippen LogP contribution >= 0.6 is 0 Å². The van der Waals surface area contributed by atoms with Crippen molar-refractivity contribution in [2.24, 2.45) is 4.99 Å². The number of rotatable bonds is 4. The molecule has 0 bridgehead atoms. The molecule has 1 aromatic carbocycles. The van der Waals surface area contributed by atoms with Crippen LogP contribution in [0.2, 0.25) is 0 Å². The SMILES string of the molecule is CC(=O)C1=Nc2c(F)cc(-c3nc(N[C@@H]4CCOC[C@H]4O)ncc3F)cc2C12CCCCC2. The fraction of sp³-hybridized carbons (Fsp3) is 0.500. The van der Waals surface area contributed by atoms with Crippen LogP contribution in [0, 0.1) is 11.6 Å². The lowest BCUT2D eigenvalue weighted by molar-refractivity contribution is -0.111. The van der Waals surface area contributed by atoms with Gasteiger partial charge in [-0.1, -0.05) is 19.3 Å². The minimum atomic E-state index is -0.735. The number of anilines is 1. The Morgan fingerprint density at radius 1 is 1.21 bits per heavy atom. The average molecular weight is 456 g/mol. The normalized spacial score (nSPS) is 23.8. The molecule has 0 unspecified atom stereocenters. The van der Waals surface area contributed by atoms with Crippen LogP contribution in [-0.4, -0.2) is 51.9 Å². The van der Waals surface area contributed by atoms with E-state index in [9.17, 15) is 14.3 Å². The van der Waals surface area contributed by atoms with Crippen molar-refractivity contribution in [3.63, 3.8) is 0 Å². The maximum Gasteiger partial charge on any atom is 0.223 e. The topological polar surface area (TPSA) is 96.7 Å². The first kappa shape index (κ1) is 22.0. The van der Waals surface area contributed by atoms with Crippen molar-refractivity contribution in [2.45, 2.75) is 63.0 Å². The molecule has 0 radical (unpaired) electrons. The van der Waals surface area contributed by atoms with E-state index in [4.69, 9.17) is 4.74 Å². The van der Waals surface area contributed by atoms with Gasteiger partial charge in [0.25, 0.3) is 0 Å². The number of fused-ring (bicyclic) bond motifs is 2. The lowest BCUT2D eigenvalue weighted by atomic mass is 9.66. The Balaban J connectivity index is 1.55. The molecule has 1 aromatic heterocycles. The molecule has 1 saturated heterocycles. The highest BCUT2D eigenvalue weighted by Gasteiger charge is 2.47. The molecule has 2 aromatic rings. The van der Waals surface area contributed by atoms with E-state index in [2.05, 4.69) is 20.3 Å². The van der Waals surface area contributed by atoms with Crippen molar-refractivity contribution < 1.29 is 23.4 Å². The molecule has 2 fully saturated rings. The molecular formula is C24H26F2N4O3. The molecule has 3 aliphatic rings. The molecule has 2 atom stereocenters. The number of ether oxygens (including phenoxy) is 1. The predicted molar refractivity (Wildman–Crippen MR) is 119 cm³/mol. The zero-order chi connectivity index (χ0) is 23.2. The summed E-state index contributed by atoms with van der Waals surface area (Å²) in [6.45, 7) is 2.15. The number of Topliss-reactive ketones (excluding diaryl/α,β-unsaturated/α-hetero) is 1. The van der Waals surface area contributed by atoms with Gasteiger partial charge in [-0.3, -0.25) is 4.79 Å². The Morgan fingerprint density at radius 2 is 2.00 bits per heavy atom. The van der Waals surface area contributed by atoms with Crippen molar-refractivity contribution in [1.29, 1.82) is 0 Å². The molecule has 0 amide bonds. The highest BCUT2D eigenvalue weighted by atomic mass is 19.1. The monoisotopic (exact) mass is 456 g/mol. The summed E-state index contributed by atoms with van der Waals surface area (Å²) in [6, 6.07) is 2.60. The van der Waals surface area contributed by atoms with Crippen molar-refractivity contribution in [3.05, 3.63) is 35.5 Å². The molecular weight excluding hydrogens is 430 g/mol. The number of hydrogen-bond donors (Lipinski definition) is 2. The third-order valence-corrected chi connectivity index (χ3v) is 6.95. The van der Waals surface area contributed by atoms with Crippen molar-refractivity contribution in [3.8, 4) is 11.3 Å². The van der Waals surface area contributed by atoms with Gasteiger partial charge in [0.05, 0.1) is 30.7 Å². The second kappa shape index (κ2) is 8.53. The van der Waals surface area contributed by atoms with Gasteiger partial charge in [0.2, 0.25) is 5.95 Å². The Kier molecular flexibility index (Phi) is 5.70. The zero-order valence-electron chi connectivity index (χ0n) is 18.4. The van der Waals surface area contributed by atoms with Crippen LogP contribution in [0.4, 0.5) is 20.4 Å². The highest BCUT2D eigenvalue weighted by Crippen LogP contribution is 2.51. The molecule has 3 heterocycles. The van der Waals surface area contributed by atoms with Crippen molar-refractivity contribution >= 4 is 23.1 Å². The second-order valence-electron chi connectivity index (χ2n) is 9.09. The van der Waals surface area contributed by atoms with Gasteiger partial charge in [-0.05, 0) is 37.0 Å². The average Bonchev–Trinajstić information content (AvgIpc) is 3.11. The standard InChI is InChI=1S/C24H26F2N4O3/c1-13(31)22-24(6-3-2-4-7-24)15-9-14(10-16(25)21(15)29-22)20-17(26)11-27-23(30-20)28-18-5-8-33-12-19(18)32/h9-11,18-19,32H,2-8,12H2,1H3,(H,27,28,30)/t18-,19-/m1/s1. The van der Waals surface area contributed by atoms with Crippen LogP contribution < -0.4 is 5.32 Å². The van der Waals surface area contributed by atoms with Crippen LogP contribution in [0.15, 0.2) is 23.3 Å². The molecule has 9 heteroatoms. The molecule has 174 valence electrons. The number of aromatic nitrogens is 2. The number of ketones is 1. The van der Waals surface area contributed by atoms with Crippen LogP contribution in [0.1, 0.15) is 51.0 Å². The number of nitrogens with one attached hydrogen (secondary N) is 1. The summed E-state index contributed by atoms with van der Waals surface area (Å²) in [5, 5.41) is 13.2. The number of aliphatic hydroxyl groups excluding tert-OH is 1. The van der Waals surface area contributed by atoms with Crippen LogP contribution in [0.3, 0.4) is 0 Å². The van der Waals surface area contributed by atoms with E-state index >= 15 is 4.39 Å². The molecule has 1 spiro atoms. The van der Waals surface area contributed by atoms with Gasteiger partial charge in [-0.2, -0.15) is 0 Å². The number of nitrogens with zero attached hydrogens (tertiary/aromatic N) is 3. The van der Waals surface area contributed by atoms with E-state index in [0.29, 0.717) is 37.1 Å². The number of halogens is 2. The summed E-state index contributed by atoms with van der Waals surface area (Å²) in [7, 11) is 0. The predicted octanol–water partition coefficient (Wildman–Crippen LogP) is 3.86. The third-order valence-electron chi connectivity index (χ3n) is 6.95. The van der Waals surface area contributed by atoms with Crippen LogP contribution in [0.5, 0.6) is 0 Å². The van der Waals surface area contributed by atoms with Crippen molar-refractivity contribution in [1.82, 2.24) is 9.97 Å². The van der Waals surface area contributed by atoms with E-state index in [0.717, 1.165) is 25.5 Å². The van der Waals surface area contributed by atoms with E-state index in [1.807, 2.05) is 0 Å². The van der Waals surface area contributed by atoms with Crippen LogP contribution in [0.25, 0.3) is 11.3 Å². The largest absolute Gasteiger partial charge is 0.389 e. The molecule has 7 nitrogen and oxygen atoms in total. The molecule has 5 rings (SSSR count). The van der Waals surface area contributed by atoms with Crippen LogP contribution in [-0.2, 0) is 14.9 Å². The summed E-state index contributed by atoms with van der Waals surface area (Å²) in [5.41, 5.74) is 0.795. The van der Waals surface area contributed by atoms with Crippen molar-refractivity contribution in [2.75, 3.05) is 18.5 Å². The number of carbonyl (C=O) groups is 1. The molecule has 2 aliphatic heterocycles. The van der Waals surface area contributed by atoms with Gasteiger partial charge >= 0.3 is 0 Å². The number of benzene rings is 1. The quantitative estimate of drug-likeness (QED) is 0.725. The number of aliphatic imine (C=N–C) groups is 1. The summed E-state index contributed by atoms with van der Waals surface area (Å²) in [5.74, 6) is -1.30. The number of hydrogen-bond acceptors (Lipinski definition) is 7. The summed E-state index contributed by atoms with van der Waals surface area (Å²) in [4.78, 5) is 25.1. The fourth-order valence-corrected chi connectivity index (χ4v) is 5.33. The Hall–Kier alpha value is -2.78. The Bertz CT molecular complexity index is 1130. The van der Waals surface area contributed by atoms with E-state index < -0.39 is 23.2 Å². The minimum absolute atomic E-state index is 0.0435. The van der Waals surface area contributed by atoms with E-state index in [1.54, 1.807) is 6.07 Å². The first-order chi connectivity index (χ1) is 15.9. The molecule has 1 saturated carbocycles. The van der Waals surface area contributed by atoms with Gasteiger partial charge < -0.3 is 15.2 Å². The van der Waals surface area contributed by atoms with Gasteiger partial charge in [-0.15, -0.1) is 0 Å². The molecule has 1 aliphatic carbocycles. The second-order valence-corrected chi connectivity index (χ2v) is 9.09. The maximum absolute atomic E-state index is 15.2. The Morgan fingerprint density at radius 3 is 2.73 bits per heavy atom. The highest BCUT2D eigenvalue weighted by molar-refractivity contribution is 6.44. The van der Waals surface area contributed by atoms with Gasteiger partial charge in [0.15, 0.2) is 11.6 Å². The number of aliphatic hydroxyl groups is 1. The third kappa shape index (κ3) is 3.83. The molecule has 33 heavy (non-hydrogen) atoms. The first-order valence-corrected chi connectivity index (χ1v) is 11.4. The smallest absolute Gasteiger partial charge is 0.223 e. The lowest BCUT2D eigenvalue weighted by Crippen LogP contribution is -2.42. The minimum Gasteiger partial charge on any atom is -0.389 e. The summed E-state index contributed by atoms with van der Waals surface area (Å²) in [6.07, 6.45) is 5.17. The van der Waals surface area contributed by atoms with Gasteiger partial charge in [-0.25, -0.2) is 23.7 Å². The Labute approximate surface area is 190 Å². The fourth-order valence-electron chi connectivity index (χ4n) is 5.33. The summed E-state index contributed by atoms with van der Waals surface area (Å²) >= 11 is 0. The van der Waals surface area contributed by atoms with E-state index in [-0.39, 0.29) is 41.3 Å². The van der Waals surface area contributed by atoms with Gasteiger partial charge in [0.1, 0.15) is 17.2 Å². The first-order valence-electron chi connectivity index (χ1n) is 11.4. The zero-order valence-corrected chi connectivity index (χ0v) is 18.4. The number of carbonyl (C=O) groups excluding carboxylic acids is 1. The molecule has 2 N–H and O–H groups in total. The van der Waals surface area contributed by atoms with Gasteiger partial charge in [0, 0.05) is 24.5 Å².